The highest BCUT2D eigenvalue weighted by Gasteiger charge is 2.45. The minimum absolute atomic E-state index is 0.181. The van der Waals surface area contributed by atoms with Crippen LogP contribution >= 0.6 is 11.6 Å². The summed E-state index contributed by atoms with van der Waals surface area (Å²) in [6.45, 7) is 12.2. The summed E-state index contributed by atoms with van der Waals surface area (Å²) >= 11 is 5.17. The van der Waals surface area contributed by atoms with Gasteiger partial charge in [-0.05, 0) is 115 Å². The van der Waals surface area contributed by atoms with Crippen molar-refractivity contribution in [2.45, 2.75) is 62.8 Å². The molecule has 6 aliphatic heterocycles. The van der Waals surface area contributed by atoms with Crippen LogP contribution in [0.3, 0.4) is 0 Å². The number of hydrogen-bond acceptors (Lipinski definition) is 8. The number of benzene rings is 4. The zero-order valence-electron chi connectivity index (χ0n) is 35.8. The number of rotatable bonds is 11. The van der Waals surface area contributed by atoms with E-state index in [0.29, 0.717) is 30.1 Å². The quantitative estimate of drug-likeness (QED) is 0.0782. The Morgan fingerprint density at radius 3 is 1.65 bits per heavy atom. The van der Waals surface area contributed by atoms with Gasteiger partial charge in [0.05, 0.1) is 29.6 Å². The van der Waals surface area contributed by atoms with E-state index in [-0.39, 0.29) is 35.8 Å². The van der Waals surface area contributed by atoms with Crippen molar-refractivity contribution in [1.82, 2.24) is 19.8 Å². The number of para-hydroxylation sites is 2. The van der Waals surface area contributed by atoms with E-state index in [1.54, 1.807) is 0 Å². The average Bonchev–Trinajstić information content (AvgIpc) is 3.33. The summed E-state index contributed by atoms with van der Waals surface area (Å²) in [4.78, 5) is 37.3. The van der Waals surface area contributed by atoms with E-state index in [9.17, 15) is 14.7 Å². The molecule has 12 rings (SSSR count). The maximum absolute atomic E-state index is 13.0. The number of nitrogens with zero attached hydrogens (tertiary/aromatic N) is 4. The molecule has 6 aliphatic rings. The summed E-state index contributed by atoms with van der Waals surface area (Å²) in [7, 11) is 0. The summed E-state index contributed by atoms with van der Waals surface area (Å²) in [6.07, 6.45) is 12.2. The third-order valence-electron chi connectivity index (χ3n) is 13.6. The first-order valence-corrected chi connectivity index (χ1v) is 22.7. The van der Waals surface area contributed by atoms with Crippen molar-refractivity contribution in [1.29, 1.82) is 0 Å². The van der Waals surface area contributed by atoms with Crippen molar-refractivity contribution in [2.75, 3.05) is 26.2 Å². The number of aliphatic hydroxyl groups excluding tert-OH is 1. The summed E-state index contributed by atoms with van der Waals surface area (Å²) in [5.74, 6) is 2.22. The van der Waals surface area contributed by atoms with Crippen LogP contribution in [0.4, 0.5) is 0 Å². The molecule has 8 nitrogen and oxygen atoms in total. The number of fused-ring (bicyclic) bond motifs is 8. The van der Waals surface area contributed by atoms with Gasteiger partial charge < -0.3 is 9.84 Å². The van der Waals surface area contributed by atoms with Crippen molar-refractivity contribution in [3.63, 3.8) is 0 Å². The Kier molecular flexibility index (Phi) is 14.6. The number of carbonyl (C=O) groups excluding carboxylic acids is 2. The number of ether oxygens (including phenoxy) is 1. The molecule has 0 spiro atoms. The molecule has 0 radical (unpaired) electrons. The molecule has 2 aromatic heterocycles. The van der Waals surface area contributed by atoms with Gasteiger partial charge in [0.2, 0.25) is 5.24 Å². The highest BCUT2D eigenvalue weighted by atomic mass is 35.5. The normalized spacial score (nSPS) is 25.4. The number of esters is 1. The smallest absolute Gasteiger partial charge is 0.310 e. The molecule has 9 heteroatoms. The van der Waals surface area contributed by atoms with Crippen LogP contribution in [0, 0.1) is 23.7 Å². The third-order valence-corrected chi connectivity index (χ3v) is 13.8. The van der Waals surface area contributed by atoms with E-state index in [0.717, 1.165) is 83.1 Å². The first-order valence-electron chi connectivity index (χ1n) is 22.3. The molecule has 0 amide bonds. The fraction of sp³-hybridized carbons (Fsp3) is 0.333. The van der Waals surface area contributed by atoms with Crippen LogP contribution in [-0.4, -0.2) is 74.3 Å². The molecule has 0 aliphatic carbocycles. The van der Waals surface area contributed by atoms with Gasteiger partial charge in [0, 0.05) is 54.3 Å². The molecule has 4 bridgehead atoms. The number of pyridine rings is 2. The molecule has 4 aromatic carbocycles. The molecule has 6 aromatic rings. The standard InChI is InChI=1S/C27H28N2O2.C19H22N2O.C8H7ClO/c1-2-20-18-29-15-13-21(20)17-25(29)27(31-26(30)16-19-8-4-3-5-9-19)23-12-14-28-24-11-7-6-10-22(23)24;1-2-13-12-21-10-8-14(13)11-18(21)19(22)16-7-9-20-17-6-4-3-5-15(16)17;9-8(10)6-7-4-2-1-3-5-7/h2-12,14,20-21,25,27H,1,13,15-18H2;2-7,9,13-14,18-19,22H,1,8,10-12H2;1-5H,6H2/t20-,21-,25+,27-;13-,14-,18+,19-;/m00./s1. The van der Waals surface area contributed by atoms with Crippen LogP contribution in [0.2, 0.25) is 0 Å². The van der Waals surface area contributed by atoms with Crippen molar-refractivity contribution in [3.05, 3.63) is 181 Å². The van der Waals surface area contributed by atoms with Crippen LogP contribution < -0.4 is 0 Å². The van der Waals surface area contributed by atoms with Gasteiger partial charge in [0.15, 0.2) is 0 Å². The van der Waals surface area contributed by atoms with Crippen LogP contribution in [0.25, 0.3) is 21.8 Å². The van der Waals surface area contributed by atoms with E-state index >= 15 is 0 Å². The summed E-state index contributed by atoms with van der Waals surface area (Å²) in [5.41, 5.74) is 5.89. The first-order chi connectivity index (χ1) is 30.8. The van der Waals surface area contributed by atoms with Crippen molar-refractivity contribution in [2.24, 2.45) is 23.7 Å². The predicted octanol–water partition coefficient (Wildman–Crippen LogP) is 10.1. The van der Waals surface area contributed by atoms with Gasteiger partial charge in [-0.2, -0.15) is 0 Å². The number of hydrogen-bond donors (Lipinski definition) is 1. The lowest BCUT2D eigenvalue weighted by molar-refractivity contribution is -0.156. The van der Waals surface area contributed by atoms with Crippen molar-refractivity contribution in [3.8, 4) is 0 Å². The molecular weight excluding hydrogens is 804 g/mol. The summed E-state index contributed by atoms with van der Waals surface area (Å²) in [6, 6.07) is 39.8. The lowest BCUT2D eigenvalue weighted by Crippen LogP contribution is -2.55. The topological polar surface area (TPSA) is 95.9 Å². The SMILES string of the molecule is C=C[C@H]1CN2CC[C@H]1C[C@@H]2[C@@H](O)c1ccnc2ccccc12.C=C[C@H]1CN2CC[C@H]1C[C@@H]2[C@@H](OC(=O)Cc1ccccc1)c1ccnc2ccccc12.O=C(Cl)Cc1ccccc1. The maximum Gasteiger partial charge on any atom is 0.310 e. The fourth-order valence-electron chi connectivity index (χ4n) is 10.4. The second kappa shape index (κ2) is 20.8. The molecule has 63 heavy (non-hydrogen) atoms. The highest BCUT2D eigenvalue weighted by molar-refractivity contribution is 6.63. The van der Waals surface area contributed by atoms with E-state index in [4.69, 9.17) is 16.3 Å². The van der Waals surface area contributed by atoms with Crippen LogP contribution in [0.15, 0.2) is 159 Å². The van der Waals surface area contributed by atoms with Crippen LogP contribution in [0.5, 0.6) is 0 Å². The zero-order chi connectivity index (χ0) is 43.7. The Morgan fingerprint density at radius 1 is 0.667 bits per heavy atom. The van der Waals surface area contributed by atoms with E-state index in [2.05, 4.69) is 57.2 Å². The Balaban J connectivity index is 0.000000147. The Hall–Kier alpha value is -5.51. The molecule has 0 saturated carbocycles. The van der Waals surface area contributed by atoms with Gasteiger partial charge in [-0.1, -0.05) is 109 Å². The van der Waals surface area contributed by atoms with Gasteiger partial charge in [-0.25, -0.2) is 0 Å². The van der Waals surface area contributed by atoms with Crippen molar-refractivity contribution < 1.29 is 19.4 Å². The van der Waals surface area contributed by atoms with Crippen molar-refractivity contribution >= 4 is 44.6 Å². The molecule has 6 fully saturated rings. The molecule has 10 atom stereocenters. The van der Waals surface area contributed by atoms with Gasteiger partial charge in [-0.15, -0.1) is 13.2 Å². The first kappa shape index (κ1) is 44.1. The minimum atomic E-state index is -0.443. The number of carbonyl (C=O) groups is 2. The lowest BCUT2D eigenvalue weighted by atomic mass is 9.73. The van der Waals surface area contributed by atoms with Gasteiger partial charge in [0.25, 0.3) is 0 Å². The second-order valence-electron chi connectivity index (χ2n) is 17.4. The summed E-state index contributed by atoms with van der Waals surface area (Å²) in [5, 5.41) is 12.8. The van der Waals surface area contributed by atoms with E-state index in [1.807, 2.05) is 122 Å². The maximum atomic E-state index is 13.0. The number of aromatic nitrogens is 2. The van der Waals surface area contributed by atoms with E-state index in [1.165, 1.54) is 12.8 Å². The number of halogens is 1. The zero-order valence-corrected chi connectivity index (χ0v) is 36.6. The van der Waals surface area contributed by atoms with Crippen LogP contribution in [-0.2, 0) is 27.2 Å². The molecule has 324 valence electrons. The molecule has 1 N–H and O–H groups in total. The molecule has 8 heterocycles. The minimum Gasteiger partial charge on any atom is -0.456 e. The largest absolute Gasteiger partial charge is 0.456 e. The predicted molar refractivity (Wildman–Crippen MR) is 252 cm³/mol. The molecular formula is C54H57ClN4O4. The molecule has 6 saturated heterocycles. The highest BCUT2D eigenvalue weighted by Crippen LogP contribution is 2.44. The fourth-order valence-corrected chi connectivity index (χ4v) is 10.6. The van der Waals surface area contributed by atoms with Crippen LogP contribution in [0.1, 0.15) is 60.1 Å². The average molecular weight is 862 g/mol. The third kappa shape index (κ3) is 10.5. The second-order valence-corrected chi connectivity index (χ2v) is 17.8. The number of piperidine rings is 6. The Bertz CT molecular complexity index is 2490. The Morgan fingerprint density at radius 2 is 1.14 bits per heavy atom. The number of aliphatic hydroxyl groups is 1. The van der Waals surface area contributed by atoms with Gasteiger partial charge >= 0.3 is 5.97 Å². The van der Waals surface area contributed by atoms with Gasteiger partial charge in [-0.3, -0.25) is 29.4 Å². The Labute approximate surface area is 376 Å². The summed E-state index contributed by atoms with van der Waals surface area (Å²) < 4.78 is 6.28. The lowest BCUT2D eigenvalue weighted by Gasteiger charge is -2.51. The monoisotopic (exact) mass is 860 g/mol. The molecule has 2 unspecified atom stereocenters. The van der Waals surface area contributed by atoms with E-state index < -0.39 is 6.10 Å². The van der Waals surface area contributed by atoms with Gasteiger partial charge in [0.1, 0.15) is 6.10 Å².